The van der Waals surface area contributed by atoms with Crippen LogP contribution in [0.25, 0.3) is 0 Å². The van der Waals surface area contributed by atoms with Gasteiger partial charge in [0.25, 0.3) is 0 Å². The number of urea groups is 2. The summed E-state index contributed by atoms with van der Waals surface area (Å²) in [5, 5.41) is 22.2. The highest BCUT2D eigenvalue weighted by Crippen LogP contribution is 2.51. The third-order valence-corrected chi connectivity index (χ3v) is 12.4. The van der Waals surface area contributed by atoms with Gasteiger partial charge in [-0.2, -0.15) is 0 Å². The van der Waals surface area contributed by atoms with Gasteiger partial charge in [0.15, 0.2) is 6.29 Å². The second-order valence-electron chi connectivity index (χ2n) is 16.4. The number of ether oxygens (including phenoxy) is 4. The lowest BCUT2D eigenvalue weighted by Crippen LogP contribution is -2.37. The van der Waals surface area contributed by atoms with Gasteiger partial charge in [0.05, 0.1) is 17.3 Å². The number of nitrogens with one attached hydrogen (secondary N) is 4. The largest absolute Gasteiger partial charge is 0.455 e. The Morgan fingerprint density at radius 2 is 1.25 bits per heavy atom. The quantitative estimate of drug-likeness (QED) is 0.0505. The fourth-order valence-corrected chi connectivity index (χ4v) is 8.73. The Bertz CT molecular complexity index is 1450. The molecule has 0 aromatic heterocycles. The number of carbonyl (C=O) groups is 3. The molecule has 4 amide bonds. The van der Waals surface area contributed by atoms with E-state index < -0.39 is 6.29 Å². The number of carbonyl (C=O) groups excluding carboxylic acids is 3. The molecular weight excluding hydrogens is 676 g/mol. The second-order valence-corrected chi connectivity index (χ2v) is 16.4. The van der Waals surface area contributed by atoms with Gasteiger partial charge in [0.1, 0.15) is 18.3 Å². The van der Waals surface area contributed by atoms with Crippen molar-refractivity contribution in [1.82, 2.24) is 21.3 Å². The summed E-state index contributed by atoms with van der Waals surface area (Å²) in [6, 6.07) is -0.301. The predicted molar refractivity (Wildman–Crippen MR) is 201 cm³/mol. The molecule has 294 valence electrons. The van der Waals surface area contributed by atoms with Crippen LogP contribution >= 0.6 is 0 Å². The van der Waals surface area contributed by atoms with Crippen LogP contribution in [0.3, 0.4) is 0 Å². The van der Waals surface area contributed by atoms with Gasteiger partial charge in [-0.3, -0.25) is 0 Å². The molecule has 4 heterocycles. The number of unbranched alkanes of at least 4 members (excludes halogenated alkanes) is 6. The third kappa shape index (κ3) is 10.1. The first-order valence-electron chi connectivity index (χ1n) is 20.1. The summed E-state index contributed by atoms with van der Waals surface area (Å²) < 4.78 is 23.5. The van der Waals surface area contributed by atoms with Crippen molar-refractivity contribution in [3.8, 4) is 0 Å². The van der Waals surface area contributed by atoms with Crippen molar-refractivity contribution in [2.24, 2.45) is 11.8 Å². The summed E-state index contributed by atoms with van der Waals surface area (Å²) in [7, 11) is 0. The van der Waals surface area contributed by atoms with Gasteiger partial charge in [-0.15, -0.1) is 0 Å². The molecule has 0 spiro atoms. The van der Waals surface area contributed by atoms with Gasteiger partial charge in [-0.05, 0) is 83.6 Å². The van der Waals surface area contributed by atoms with Crippen LogP contribution in [0.4, 0.5) is 9.59 Å². The van der Waals surface area contributed by atoms with E-state index in [9.17, 15) is 19.5 Å². The van der Waals surface area contributed by atoms with Gasteiger partial charge in [-0.1, -0.05) is 68.6 Å². The number of amides is 4. The van der Waals surface area contributed by atoms with E-state index in [4.69, 9.17) is 18.9 Å². The fourth-order valence-electron chi connectivity index (χ4n) is 8.73. The zero-order valence-electron chi connectivity index (χ0n) is 31.9. The molecule has 12 heteroatoms. The maximum Gasteiger partial charge on any atom is 0.334 e. The molecule has 0 radical (unpaired) electrons. The topological polar surface area (TPSA) is 163 Å². The van der Waals surface area contributed by atoms with Crippen LogP contribution in [0.15, 0.2) is 47.6 Å². The van der Waals surface area contributed by atoms with Gasteiger partial charge >= 0.3 is 18.0 Å². The minimum Gasteiger partial charge on any atom is -0.455 e. The normalized spacial score (nSPS) is 36.9. The zero-order valence-corrected chi connectivity index (χ0v) is 31.9. The first kappa shape index (κ1) is 39.5. The van der Waals surface area contributed by atoms with Crippen molar-refractivity contribution in [2.75, 3.05) is 26.2 Å². The van der Waals surface area contributed by atoms with Crippen molar-refractivity contribution < 1.29 is 38.4 Å². The average molecular weight is 739 g/mol. The number of hydrogen-bond donors (Lipinski definition) is 5. The first-order chi connectivity index (χ1) is 25.5. The van der Waals surface area contributed by atoms with Crippen LogP contribution in [0.2, 0.25) is 0 Å². The van der Waals surface area contributed by atoms with Crippen molar-refractivity contribution in [1.29, 1.82) is 0 Å². The van der Waals surface area contributed by atoms with Crippen LogP contribution in [0.5, 0.6) is 0 Å². The molecule has 4 fully saturated rings. The van der Waals surface area contributed by atoms with Gasteiger partial charge in [0.2, 0.25) is 0 Å². The molecule has 2 aliphatic carbocycles. The molecule has 4 aliphatic heterocycles. The van der Waals surface area contributed by atoms with Gasteiger partial charge in [-0.25, -0.2) is 14.4 Å². The number of rotatable bonds is 14. The Kier molecular flexibility index (Phi) is 13.1. The van der Waals surface area contributed by atoms with E-state index in [1.54, 1.807) is 0 Å². The van der Waals surface area contributed by atoms with Crippen molar-refractivity contribution in [3.05, 3.63) is 47.6 Å². The van der Waals surface area contributed by atoms with E-state index in [1.165, 1.54) is 5.57 Å². The summed E-state index contributed by atoms with van der Waals surface area (Å²) in [5.74, 6) is -0.308. The summed E-state index contributed by atoms with van der Waals surface area (Å²) in [6.45, 7) is 14.5. The lowest BCUT2D eigenvalue weighted by molar-refractivity contribution is -0.140. The molecule has 6 aliphatic rings. The Morgan fingerprint density at radius 3 is 1.79 bits per heavy atom. The minimum absolute atomic E-state index is 0.00450. The predicted octanol–water partition coefficient (Wildman–Crippen LogP) is 5.62. The number of hydrogen-bond acceptors (Lipinski definition) is 8. The SMILES string of the molecule is C=C1C(=O)O[C@H]2[C@H]1CC/C(CNC(=O)NCCCCCCCCCNC(=O)NC/C1=C/CC[C@@]3(C)O[C@H]3[C@H]3OC(O)C(=C)[C@@H]3CC1)=C\CC[C@@]1(C)O[C@@H]21. The molecule has 1 unspecified atom stereocenters. The Morgan fingerprint density at radius 1 is 0.755 bits per heavy atom. The molecular formula is C41H62N4O8. The molecule has 0 saturated carbocycles. The first-order valence-corrected chi connectivity index (χ1v) is 20.1. The summed E-state index contributed by atoms with van der Waals surface area (Å²) in [5.41, 5.74) is 3.12. The summed E-state index contributed by atoms with van der Waals surface area (Å²) >= 11 is 0. The number of aliphatic hydroxyl groups excluding tert-OH is 1. The molecule has 0 aromatic carbocycles. The van der Waals surface area contributed by atoms with E-state index >= 15 is 0 Å². The van der Waals surface area contributed by atoms with Crippen LogP contribution in [-0.2, 0) is 23.7 Å². The van der Waals surface area contributed by atoms with Crippen molar-refractivity contribution >= 4 is 18.0 Å². The van der Waals surface area contributed by atoms with Crippen LogP contribution in [0.1, 0.15) is 110 Å². The molecule has 0 bridgehead atoms. The van der Waals surface area contributed by atoms with E-state index in [0.29, 0.717) is 31.8 Å². The molecule has 5 N–H and O–H groups in total. The van der Waals surface area contributed by atoms with Gasteiger partial charge in [0, 0.05) is 43.6 Å². The van der Waals surface area contributed by atoms with Crippen molar-refractivity contribution in [2.45, 2.75) is 152 Å². The van der Waals surface area contributed by atoms with E-state index in [-0.39, 0.29) is 65.5 Å². The zero-order chi connectivity index (χ0) is 37.6. The van der Waals surface area contributed by atoms with E-state index in [0.717, 1.165) is 107 Å². The number of allylic oxidation sites excluding steroid dienone is 2. The molecule has 12 nitrogen and oxygen atoms in total. The average Bonchev–Trinajstić information content (AvgIpc) is 3.94. The van der Waals surface area contributed by atoms with E-state index in [1.807, 2.05) is 0 Å². The highest BCUT2D eigenvalue weighted by atomic mass is 16.7. The minimum atomic E-state index is -0.930. The lowest BCUT2D eigenvalue weighted by Gasteiger charge is -2.21. The number of esters is 1. The van der Waals surface area contributed by atoms with Crippen molar-refractivity contribution in [3.63, 3.8) is 0 Å². The summed E-state index contributed by atoms with van der Waals surface area (Å²) in [6.07, 6.45) is 17.1. The molecule has 6 rings (SSSR count). The number of fused-ring (bicyclic) bond motifs is 6. The van der Waals surface area contributed by atoms with Crippen LogP contribution in [0, 0.1) is 11.8 Å². The lowest BCUT2D eigenvalue weighted by atomic mass is 9.83. The van der Waals surface area contributed by atoms with Gasteiger partial charge < -0.3 is 45.3 Å². The van der Waals surface area contributed by atoms with Crippen LogP contribution in [-0.4, -0.2) is 91.2 Å². The third-order valence-electron chi connectivity index (χ3n) is 12.4. The smallest absolute Gasteiger partial charge is 0.334 e. The fraction of sp³-hybridized carbons (Fsp3) is 0.732. The maximum atomic E-state index is 12.5. The molecule has 53 heavy (non-hydrogen) atoms. The Balaban J connectivity index is 0.764. The van der Waals surface area contributed by atoms with Crippen LogP contribution < -0.4 is 21.3 Å². The highest BCUT2D eigenvalue weighted by molar-refractivity contribution is 5.91. The number of aliphatic hydroxyl groups is 1. The van der Waals surface area contributed by atoms with E-state index in [2.05, 4.69) is 60.4 Å². The molecule has 4 saturated heterocycles. The molecule has 9 atom stereocenters. The monoisotopic (exact) mass is 738 g/mol. The Hall–Kier alpha value is -3.19. The highest BCUT2D eigenvalue weighted by Gasteiger charge is 2.62. The standard InChI is InChI=1S/C41H62N4O8/c1-26-30-18-16-28(14-12-20-40(3)34(52-40)32(30)50-36(26)46)24-44-38(48)42-22-10-8-6-5-7-9-11-23-43-39(49)45-25-29-15-13-21-41(4)35(53-41)33-31(19-17-29)27(2)37(47)51-33/h14-15,30-36,46H,1-2,5-13,16-25H2,3-4H3,(H2,42,44,48)(H2,43,45,49)/b28-14+,29-15+/t30-,31-,32-,33-,34-,35-,36?,40+,41+/m0/s1. The molecule has 0 aromatic rings. The maximum absolute atomic E-state index is 12.5. The number of epoxide rings is 2. The Labute approximate surface area is 314 Å². The summed E-state index contributed by atoms with van der Waals surface area (Å²) in [4.78, 5) is 37.2. The second kappa shape index (κ2) is 17.5.